The minimum absolute atomic E-state index is 0.00441. The van der Waals surface area contributed by atoms with Crippen LogP contribution >= 0.6 is 0 Å². The van der Waals surface area contributed by atoms with Crippen molar-refractivity contribution in [3.05, 3.63) is 59.3 Å². The van der Waals surface area contributed by atoms with Crippen LogP contribution in [0.4, 0.5) is 0 Å². The second-order valence-corrected chi connectivity index (χ2v) is 12.1. The van der Waals surface area contributed by atoms with Crippen molar-refractivity contribution in [2.45, 2.75) is 85.0 Å². The van der Waals surface area contributed by atoms with Gasteiger partial charge in [0.15, 0.2) is 0 Å². The number of nitrogens with two attached hydrogens (primary N) is 1. The first-order valence-corrected chi connectivity index (χ1v) is 14.3. The second-order valence-electron chi connectivity index (χ2n) is 12.1. The van der Waals surface area contributed by atoms with Crippen LogP contribution in [0.2, 0.25) is 0 Å². The van der Waals surface area contributed by atoms with E-state index in [4.69, 9.17) is 10.7 Å². The molecule has 1 saturated carbocycles. The molecule has 0 amide bonds. The molecule has 1 atom stereocenters. The highest BCUT2D eigenvalue weighted by Gasteiger charge is 2.44. The lowest BCUT2D eigenvalue weighted by molar-refractivity contribution is 0.0389. The van der Waals surface area contributed by atoms with Gasteiger partial charge in [-0.15, -0.1) is 6.58 Å². The van der Waals surface area contributed by atoms with E-state index in [-0.39, 0.29) is 17.1 Å². The zero-order chi connectivity index (χ0) is 27.9. The molecule has 1 aliphatic carbocycles. The van der Waals surface area contributed by atoms with Crippen molar-refractivity contribution in [3.8, 4) is 6.07 Å². The number of aliphatic imine (C=N–C) groups is 1. The Morgan fingerprint density at radius 3 is 2.42 bits per heavy atom. The quantitative estimate of drug-likeness (QED) is 0.389. The number of piperazine rings is 1. The molecule has 0 bridgehead atoms. The molecule has 1 unspecified atom stereocenters. The lowest BCUT2D eigenvalue weighted by Gasteiger charge is -2.48. The summed E-state index contributed by atoms with van der Waals surface area (Å²) in [6.07, 6.45) is 9.02. The molecule has 2 heterocycles. The van der Waals surface area contributed by atoms with E-state index in [1.54, 1.807) is 6.08 Å². The maximum atomic E-state index is 9.80. The van der Waals surface area contributed by atoms with Gasteiger partial charge in [0.2, 0.25) is 0 Å². The predicted molar refractivity (Wildman–Crippen MR) is 160 cm³/mol. The van der Waals surface area contributed by atoms with Crippen molar-refractivity contribution in [2.24, 2.45) is 16.1 Å². The summed E-state index contributed by atoms with van der Waals surface area (Å²) in [4.78, 5) is 12.2. The summed E-state index contributed by atoms with van der Waals surface area (Å²) in [7, 11) is 2.18. The maximum absolute atomic E-state index is 9.80. The number of benzene rings is 1. The topological polar surface area (TPSA) is 71.9 Å². The van der Waals surface area contributed by atoms with Gasteiger partial charge < -0.3 is 15.5 Å². The van der Waals surface area contributed by atoms with E-state index < -0.39 is 0 Å². The lowest BCUT2D eigenvalue weighted by Crippen LogP contribution is -2.50. The highest BCUT2D eigenvalue weighted by atomic mass is 15.2. The fraction of sp³-hybridized carbons (Fsp3) is 0.625. The Kier molecular flexibility index (Phi) is 10.3. The van der Waals surface area contributed by atoms with Crippen molar-refractivity contribution in [1.29, 1.82) is 5.26 Å². The summed E-state index contributed by atoms with van der Waals surface area (Å²) in [5.74, 6) is 0. The van der Waals surface area contributed by atoms with Crippen molar-refractivity contribution in [2.75, 3.05) is 39.8 Å². The van der Waals surface area contributed by atoms with Crippen LogP contribution in [0.5, 0.6) is 0 Å². The van der Waals surface area contributed by atoms with E-state index in [1.807, 2.05) is 13.8 Å². The Bertz CT molecular complexity index is 1050. The average Bonchev–Trinajstić information content (AvgIpc) is 2.85. The van der Waals surface area contributed by atoms with Crippen LogP contribution in [0.3, 0.4) is 0 Å². The van der Waals surface area contributed by atoms with Crippen LogP contribution in [0.15, 0.2) is 47.6 Å². The minimum atomic E-state index is -0.252. The van der Waals surface area contributed by atoms with E-state index in [2.05, 4.69) is 79.4 Å². The van der Waals surface area contributed by atoms with Gasteiger partial charge in [0, 0.05) is 56.1 Å². The summed E-state index contributed by atoms with van der Waals surface area (Å²) in [5.41, 5.74) is 12.2. The molecule has 2 N–H and O–H groups in total. The van der Waals surface area contributed by atoms with Crippen LogP contribution in [-0.2, 0) is 13.0 Å². The largest absolute Gasteiger partial charge is 0.372 e. The van der Waals surface area contributed by atoms with E-state index >= 15 is 0 Å². The van der Waals surface area contributed by atoms with Crippen LogP contribution in [0.25, 0.3) is 0 Å². The monoisotopic (exact) mass is 518 g/mol. The van der Waals surface area contributed by atoms with Crippen molar-refractivity contribution < 1.29 is 0 Å². The summed E-state index contributed by atoms with van der Waals surface area (Å²) < 4.78 is 0. The number of nitrogens with zero attached hydrogens (tertiary/aromatic N) is 5. The third-order valence-corrected chi connectivity index (χ3v) is 8.38. The van der Waals surface area contributed by atoms with E-state index in [1.165, 1.54) is 23.2 Å². The van der Waals surface area contributed by atoms with Gasteiger partial charge in [0.05, 0.1) is 23.4 Å². The molecule has 1 aromatic carbocycles. The van der Waals surface area contributed by atoms with Crippen molar-refractivity contribution in [1.82, 2.24) is 14.7 Å². The molecule has 38 heavy (non-hydrogen) atoms. The van der Waals surface area contributed by atoms with Crippen molar-refractivity contribution in [3.63, 3.8) is 0 Å². The van der Waals surface area contributed by atoms with Gasteiger partial charge in [0.1, 0.15) is 0 Å². The number of hydrogen-bond donors (Lipinski definition) is 1. The fourth-order valence-corrected chi connectivity index (χ4v) is 5.97. The van der Waals surface area contributed by atoms with Crippen molar-refractivity contribution >= 4 is 5.71 Å². The highest BCUT2D eigenvalue weighted by molar-refractivity contribution is 6.09. The zero-order valence-corrected chi connectivity index (χ0v) is 24.8. The van der Waals surface area contributed by atoms with Crippen LogP contribution in [0.1, 0.15) is 77.0 Å². The molecular formula is C32H50N6. The molecular weight excluding hydrogens is 468 g/mol. The van der Waals surface area contributed by atoms with E-state index in [0.717, 1.165) is 76.2 Å². The lowest BCUT2D eigenvalue weighted by atomic mass is 9.63. The van der Waals surface area contributed by atoms with Gasteiger partial charge in [-0.1, -0.05) is 24.6 Å². The van der Waals surface area contributed by atoms with Gasteiger partial charge in [0.25, 0.3) is 0 Å². The Morgan fingerprint density at radius 1 is 1.21 bits per heavy atom. The second kappa shape index (κ2) is 13.1. The summed E-state index contributed by atoms with van der Waals surface area (Å²) in [5, 5.41) is 9.80. The molecule has 0 radical (unpaired) electrons. The molecule has 2 aliphatic heterocycles. The van der Waals surface area contributed by atoms with Gasteiger partial charge in [-0.05, 0) is 90.6 Å². The number of nitriles is 1. The molecule has 3 aliphatic rings. The standard InChI is InChI=1S/C29H44N6.C3H6/c1-22(34-15-13-33(5)14-16-34)17-27(32-23(2)31)25-8-7-24-9-12-35(19-26(24)18-25)28(3,4)20-29(21-30)10-6-11-29;1-3-2/h7-8,17-18,23H,6,9-16,19-20,31H2,1-5H3;3H,1H2,2H3/b22-17+,32-27+;. The normalized spacial score (nSPS) is 21.4. The first-order valence-electron chi connectivity index (χ1n) is 14.3. The Hall–Kier alpha value is -2.46. The molecule has 208 valence electrons. The smallest absolute Gasteiger partial charge is 0.0948 e. The van der Waals surface area contributed by atoms with E-state index in [9.17, 15) is 5.26 Å². The van der Waals surface area contributed by atoms with Crippen LogP contribution < -0.4 is 5.73 Å². The third-order valence-electron chi connectivity index (χ3n) is 8.38. The molecule has 6 nitrogen and oxygen atoms in total. The van der Waals surface area contributed by atoms with Gasteiger partial charge in [-0.3, -0.25) is 9.89 Å². The van der Waals surface area contributed by atoms with Gasteiger partial charge >= 0.3 is 0 Å². The predicted octanol–water partition coefficient (Wildman–Crippen LogP) is 5.34. The Morgan fingerprint density at radius 2 is 1.87 bits per heavy atom. The molecule has 2 fully saturated rings. The first-order chi connectivity index (χ1) is 18.0. The number of rotatable bonds is 7. The van der Waals surface area contributed by atoms with Crippen LogP contribution in [-0.4, -0.2) is 71.9 Å². The summed E-state index contributed by atoms with van der Waals surface area (Å²) >= 11 is 0. The minimum Gasteiger partial charge on any atom is -0.372 e. The number of hydrogen-bond acceptors (Lipinski definition) is 6. The average molecular weight is 519 g/mol. The third kappa shape index (κ3) is 7.56. The molecule has 4 rings (SSSR count). The molecule has 1 saturated heterocycles. The van der Waals surface area contributed by atoms with Gasteiger partial charge in [-0.25, -0.2) is 0 Å². The maximum Gasteiger partial charge on any atom is 0.0948 e. The Balaban J connectivity index is 0.00000127. The molecule has 0 aromatic heterocycles. The van der Waals surface area contributed by atoms with Gasteiger partial charge in [-0.2, -0.15) is 5.26 Å². The molecule has 1 aromatic rings. The summed E-state index contributed by atoms with van der Waals surface area (Å²) in [6, 6.07) is 9.48. The highest BCUT2D eigenvalue weighted by Crippen LogP contribution is 2.47. The zero-order valence-electron chi connectivity index (χ0n) is 24.8. The summed E-state index contributed by atoms with van der Waals surface area (Å²) in [6.45, 7) is 20.3. The molecule has 0 spiro atoms. The fourth-order valence-electron chi connectivity index (χ4n) is 5.97. The van der Waals surface area contributed by atoms with Crippen LogP contribution in [0, 0.1) is 16.7 Å². The Labute approximate surface area is 231 Å². The first kappa shape index (κ1) is 30.1. The van der Waals surface area contributed by atoms with E-state index in [0.29, 0.717) is 0 Å². The number of allylic oxidation sites excluding steroid dienone is 3. The molecule has 6 heteroatoms. The number of likely N-dealkylation sites (N-methyl/N-ethyl adjacent to an activating group) is 1. The number of fused-ring (bicyclic) bond motifs is 1. The SMILES string of the molecule is C/C(=C\C(=N/C(C)N)c1ccc2c(c1)CN(C(C)(C)CC1(C#N)CCC1)CC2)N1CCN(C)CC1.C=CC.